The van der Waals surface area contributed by atoms with Gasteiger partial charge in [-0.2, -0.15) is 0 Å². The Morgan fingerprint density at radius 1 is 1.19 bits per heavy atom. The van der Waals surface area contributed by atoms with Gasteiger partial charge in [-0.25, -0.2) is 4.79 Å². The van der Waals surface area contributed by atoms with Crippen molar-refractivity contribution in [3.63, 3.8) is 0 Å². The van der Waals surface area contributed by atoms with Gasteiger partial charge in [-0.05, 0) is 54.7 Å². The molecule has 0 aromatic heterocycles. The highest BCUT2D eigenvalue weighted by atomic mass is 35.5. The van der Waals surface area contributed by atoms with Gasteiger partial charge in [0.05, 0.1) is 6.04 Å². The van der Waals surface area contributed by atoms with E-state index < -0.39 is 0 Å². The Hall–Kier alpha value is -3.12. The number of allylic oxidation sites excluding steroid dienone is 1. The largest absolute Gasteiger partial charge is 0.334 e. The smallest absolute Gasteiger partial charge is 0.319 e. The minimum Gasteiger partial charge on any atom is -0.334 e. The molecule has 1 aliphatic carbocycles. The van der Waals surface area contributed by atoms with E-state index >= 15 is 0 Å². The topological polar surface area (TPSA) is 78.5 Å². The van der Waals surface area contributed by atoms with Crippen LogP contribution < -0.4 is 10.6 Å². The minimum atomic E-state index is -0.385. The second-order valence-corrected chi connectivity index (χ2v) is 8.48. The number of hydrogen-bond donors (Lipinski definition) is 2. The van der Waals surface area contributed by atoms with Crippen LogP contribution in [0.15, 0.2) is 54.6 Å². The quantitative estimate of drug-likeness (QED) is 0.538. The summed E-state index contributed by atoms with van der Waals surface area (Å²) >= 11 is 5.93. The number of anilines is 1. The molecule has 0 spiro atoms. The number of hydrogen-bond acceptors (Lipinski definition) is 3. The molecule has 1 aliphatic heterocycles. The fourth-order valence-corrected chi connectivity index (χ4v) is 4.36. The highest BCUT2D eigenvalue weighted by molar-refractivity contribution is 6.30. The second-order valence-electron chi connectivity index (χ2n) is 8.04. The molecule has 1 heterocycles. The lowest BCUT2D eigenvalue weighted by Gasteiger charge is -2.25. The van der Waals surface area contributed by atoms with E-state index in [1.807, 2.05) is 12.1 Å². The maximum Gasteiger partial charge on any atom is 0.319 e. The summed E-state index contributed by atoms with van der Waals surface area (Å²) in [6.07, 6.45) is 2.73. The average molecular weight is 438 g/mol. The molecule has 6 nitrogen and oxygen atoms in total. The number of rotatable bonds is 4. The predicted molar refractivity (Wildman–Crippen MR) is 120 cm³/mol. The number of amides is 3. The van der Waals surface area contributed by atoms with Crippen LogP contribution in [0.2, 0.25) is 5.02 Å². The normalized spacial score (nSPS) is 18.5. The van der Waals surface area contributed by atoms with Crippen molar-refractivity contribution in [2.24, 2.45) is 0 Å². The second kappa shape index (κ2) is 8.94. The maximum absolute atomic E-state index is 12.9. The summed E-state index contributed by atoms with van der Waals surface area (Å²) in [5.41, 5.74) is 3.95. The lowest BCUT2D eigenvalue weighted by molar-refractivity contribution is -0.122. The fourth-order valence-electron chi connectivity index (χ4n) is 4.17. The number of nitrogens with zero attached hydrogens (tertiary/aromatic N) is 1. The number of nitrogens with one attached hydrogen (secondary N) is 2. The molecule has 7 heteroatoms. The van der Waals surface area contributed by atoms with E-state index in [1.54, 1.807) is 35.2 Å². The number of Topliss-reactive ketones (excluding diaryl/α,β-unsaturated/α-hetero) is 1. The molecule has 1 fully saturated rings. The Balaban J connectivity index is 1.39. The SMILES string of the molecule is C=C1CCC[C@H](N2Cc3cc(CNC(=O)Nc4cccc(Cl)c4)ccc3C2=O)C(=O)C1. The predicted octanol–water partition coefficient (Wildman–Crippen LogP) is 4.69. The van der Waals surface area contributed by atoms with Crippen LogP contribution in [-0.2, 0) is 17.9 Å². The Bertz CT molecular complexity index is 1070. The lowest BCUT2D eigenvalue weighted by atomic mass is 10.1. The fraction of sp³-hybridized carbons (Fsp3) is 0.292. The number of urea groups is 1. The number of ketones is 1. The van der Waals surface area contributed by atoms with Gasteiger partial charge in [-0.15, -0.1) is 0 Å². The summed E-state index contributed by atoms with van der Waals surface area (Å²) in [7, 11) is 0. The molecule has 2 aromatic carbocycles. The van der Waals surface area contributed by atoms with Gasteiger partial charge in [-0.3, -0.25) is 9.59 Å². The molecule has 2 N–H and O–H groups in total. The van der Waals surface area contributed by atoms with Crippen LogP contribution in [-0.4, -0.2) is 28.7 Å². The van der Waals surface area contributed by atoms with Crippen LogP contribution in [0.5, 0.6) is 0 Å². The number of benzene rings is 2. The summed E-state index contributed by atoms with van der Waals surface area (Å²) in [5.74, 6) is -0.0256. The molecule has 4 rings (SSSR count). The molecule has 3 amide bonds. The molecule has 2 aromatic rings. The summed E-state index contributed by atoms with van der Waals surface area (Å²) in [5, 5.41) is 6.09. The third-order valence-corrected chi connectivity index (χ3v) is 5.95. The molecule has 1 atom stereocenters. The molecule has 160 valence electrons. The number of halogens is 1. The summed E-state index contributed by atoms with van der Waals surface area (Å²) < 4.78 is 0. The van der Waals surface area contributed by atoms with Crippen LogP contribution in [0, 0.1) is 0 Å². The average Bonchev–Trinajstić information content (AvgIpc) is 2.94. The van der Waals surface area contributed by atoms with Crippen molar-refractivity contribution in [3.05, 3.63) is 76.3 Å². The Morgan fingerprint density at radius 2 is 2.03 bits per heavy atom. The first-order valence-corrected chi connectivity index (χ1v) is 10.7. The van der Waals surface area contributed by atoms with E-state index in [0.717, 1.165) is 29.5 Å². The van der Waals surface area contributed by atoms with Gasteiger partial charge in [0.25, 0.3) is 5.91 Å². The van der Waals surface area contributed by atoms with E-state index in [4.69, 9.17) is 11.6 Å². The van der Waals surface area contributed by atoms with Crippen LogP contribution in [0.4, 0.5) is 10.5 Å². The molecule has 1 saturated carbocycles. The Morgan fingerprint density at radius 3 is 2.84 bits per heavy atom. The van der Waals surface area contributed by atoms with E-state index in [9.17, 15) is 14.4 Å². The molecule has 0 unspecified atom stereocenters. The van der Waals surface area contributed by atoms with Gasteiger partial charge in [0.15, 0.2) is 5.78 Å². The van der Waals surface area contributed by atoms with Crippen LogP contribution in [0.25, 0.3) is 0 Å². The maximum atomic E-state index is 12.9. The van der Waals surface area contributed by atoms with Crippen LogP contribution in [0.3, 0.4) is 0 Å². The highest BCUT2D eigenvalue weighted by Crippen LogP contribution is 2.30. The van der Waals surface area contributed by atoms with Crippen molar-refractivity contribution in [3.8, 4) is 0 Å². The highest BCUT2D eigenvalue weighted by Gasteiger charge is 2.36. The van der Waals surface area contributed by atoms with Crippen molar-refractivity contribution in [1.82, 2.24) is 10.2 Å². The molecular formula is C24H24ClN3O3. The Kier molecular flexibility index (Phi) is 6.09. The van der Waals surface area contributed by atoms with Gasteiger partial charge < -0.3 is 15.5 Å². The minimum absolute atomic E-state index is 0.0724. The molecule has 0 saturated heterocycles. The van der Waals surface area contributed by atoms with Crippen molar-refractivity contribution in [1.29, 1.82) is 0 Å². The molecule has 0 radical (unpaired) electrons. The van der Waals surface area contributed by atoms with Crippen molar-refractivity contribution in [2.45, 2.75) is 44.8 Å². The van der Waals surface area contributed by atoms with Crippen molar-refractivity contribution in [2.75, 3.05) is 5.32 Å². The molecular weight excluding hydrogens is 414 g/mol. The lowest BCUT2D eigenvalue weighted by Crippen LogP contribution is -2.40. The summed E-state index contributed by atoms with van der Waals surface area (Å²) in [6, 6.07) is 11.7. The zero-order chi connectivity index (χ0) is 22.0. The third kappa shape index (κ3) is 4.80. The standard InChI is InChI=1S/C24H24ClN3O3/c1-15-4-2-7-21(22(29)10-15)28-14-17-11-16(8-9-20(17)23(28)30)13-26-24(31)27-19-6-3-5-18(25)12-19/h3,5-6,8-9,11-12,21H,1-2,4,7,10,13-14H2,(H2,26,27,31)/t21-/m0/s1. The van der Waals surface area contributed by atoms with Gasteiger partial charge in [0, 0.05) is 35.8 Å². The molecule has 2 aliphatic rings. The van der Waals surface area contributed by atoms with Gasteiger partial charge in [0.1, 0.15) is 0 Å². The van der Waals surface area contributed by atoms with Gasteiger partial charge in [0.2, 0.25) is 0 Å². The zero-order valence-electron chi connectivity index (χ0n) is 17.1. The molecule has 0 bridgehead atoms. The van der Waals surface area contributed by atoms with E-state index in [-0.39, 0.29) is 23.8 Å². The van der Waals surface area contributed by atoms with E-state index in [1.165, 1.54) is 0 Å². The van der Waals surface area contributed by atoms with Crippen molar-refractivity contribution < 1.29 is 14.4 Å². The summed E-state index contributed by atoms with van der Waals surface area (Å²) in [4.78, 5) is 39.4. The molecule has 31 heavy (non-hydrogen) atoms. The number of carbonyl (C=O) groups is 3. The van der Waals surface area contributed by atoms with Gasteiger partial charge >= 0.3 is 6.03 Å². The Labute approximate surface area is 186 Å². The monoisotopic (exact) mass is 437 g/mol. The third-order valence-electron chi connectivity index (χ3n) is 5.72. The van der Waals surface area contributed by atoms with E-state index in [0.29, 0.717) is 42.2 Å². The first-order valence-electron chi connectivity index (χ1n) is 10.3. The van der Waals surface area contributed by atoms with E-state index in [2.05, 4.69) is 17.2 Å². The first kappa shape index (κ1) is 21.1. The van der Waals surface area contributed by atoms with Crippen LogP contribution >= 0.6 is 11.6 Å². The zero-order valence-corrected chi connectivity index (χ0v) is 17.9. The van der Waals surface area contributed by atoms with Crippen molar-refractivity contribution >= 4 is 35.0 Å². The summed E-state index contributed by atoms with van der Waals surface area (Å²) in [6.45, 7) is 4.68. The van der Waals surface area contributed by atoms with Crippen LogP contribution in [0.1, 0.15) is 47.2 Å². The van der Waals surface area contributed by atoms with Gasteiger partial charge in [-0.1, -0.05) is 42.0 Å². The number of fused-ring (bicyclic) bond motifs is 1. The first-order chi connectivity index (χ1) is 14.9. The number of carbonyl (C=O) groups excluding carboxylic acids is 3.